The summed E-state index contributed by atoms with van der Waals surface area (Å²) < 4.78 is 32.4. The third-order valence-corrected chi connectivity index (χ3v) is 7.48. The monoisotopic (exact) mass is 475 g/mol. The Bertz CT molecular complexity index is 1150. The van der Waals surface area contributed by atoms with Crippen LogP contribution in [0.1, 0.15) is 43.5 Å². The summed E-state index contributed by atoms with van der Waals surface area (Å²) in [5.74, 6) is -1.56. The molecule has 0 saturated carbocycles. The fourth-order valence-corrected chi connectivity index (χ4v) is 5.28. The molecule has 1 aliphatic rings. The normalized spacial score (nSPS) is 17.7. The van der Waals surface area contributed by atoms with Gasteiger partial charge in [0.25, 0.3) is 11.6 Å². The summed E-state index contributed by atoms with van der Waals surface area (Å²) in [4.78, 5) is 35.3. The Morgan fingerprint density at radius 2 is 1.82 bits per heavy atom. The highest BCUT2D eigenvalue weighted by Crippen LogP contribution is 2.26. The van der Waals surface area contributed by atoms with Crippen LogP contribution in [0.25, 0.3) is 0 Å². The average Bonchev–Trinajstić information content (AvgIpc) is 2.79. The van der Waals surface area contributed by atoms with E-state index in [0.717, 1.165) is 19.3 Å². The van der Waals surface area contributed by atoms with E-state index in [-0.39, 0.29) is 27.9 Å². The summed E-state index contributed by atoms with van der Waals surface area (Å²) >= 11 is 0. The van der Waals surface area contributed by atoms with Crippen molar-refractivity contribution in [3.8, 4) is 0 Å². The van der Waals surface area contributed by atoms with Crippen LogP contribution in [0.2, 0.25) is 0 Å². The molecule has 10 nitrogen and oxygen atoms in total. The van der Waals surface area contributed by atoms with E-state index in [1.165, 1.54) is 59.8 Å². The minimum absolute atomic E-state index is 0.0168. The lowest BCUT2D eigenvalue weighted by molar-refractivity contribution is -0.383. The summed E-state index contributed by atoms with van der Waals surface area (Å²) in [6, 6.07) is 10.9. The maximum atomic E-state index is 12.9. The number of para-hydroxylation sites is 2. The Labute approximate surface area is 191 Å². The van der Waals surface area contributed by atoms with Crippen LogP contribution in [0.15, 0.2) is 53.4 Å². The lowest BCUT2D eigenvalue weighted by Gasteiger charge is -2.32. The van der Waals surface area contributed by atoms with Gasteiger partial charge < -0.3 is 10.1 Å². The molecule has 0 radical (unpaired) electrons. The number of hydrogen-bond acceptors (Lipinski definition) is 7. The third-order valence-electron chi connectivity index (χ3n) is 5.45. The zero-order valence-corrected chi connectivity index (χ0v) is 19.1. The molecule has 11 heteroatoms. The van der Waals surface area contributed by atoms with Crippen molar-refractivity contribution in [1.29, 1.82) is 0 Å². The topological polar surface area (TPSA) is 136 Å². The van der Waals surface area contributed by atoms with E-state index in [0.29, 0.717) is 6.54 Å². The minimum atomic E-state index is -3.67. The van der Waals surface area contributed by atoms with Crippen LogP contribution in [0, 0.1) is 10.1 Å². The van der Waals surface area contributed by atoms with Crippen molar-refractivity contribution in [1.82, 2.24) is 4.31 Å². The van der Waals surface area contributed by atoms with Crippen LogP contribution in [-0.4, -0.2) is 48.2 Å². The number of anilines is 1. The van der Waals surface area contributed by atoms with Gasteiger partial charge in [-0.3, -0.25) is 14.9 Å². The molecule has 0 aliphatic carbocycles. The standard InChI is InChI=1S/C22H25N3O7S/c1-15-7-5-6-14-24(15)33(30,31)18-12-10-17(11-13-18)22(27)32-16(2)21(26)23-19-8-3-4-9-20(19)25(28)29/h3-4,8-13,15-16H,5-7,14H2,1-2H3,(H,23,26). The molecule has 1 fully saturated rings. The molecule has 1 saturated heterocycles. The highest BCUT2D eigenvalue weighted by atomic mass is 32.2. The van der Waals surface area contributed by atoms with Gasteiger partial charge in [-0.05, 0) is 57.0 Å². The van der Waals surface area contributed by atoms with Gasteiger partial charge in [0, 0.05) is 18.7 Å². The second-order valence-electron chi connectivity index (χ2n) is 7.80. The van der Waals surface area contributed by atoms with Crippen molar-refractivity contribution in [3.63, 3.8) is 0 Å². The lowest BCUT2D eigenvalue weighted by Crippen LogP contribution is -2.41. The second-order valence-corrected chi connectivity index (χ2v) is 9.69. The molecule has 0 bridgehead atoms. The Morgan fingerprint density at radius 1 is 1.15 bits per heavy atom. The largest absolute Gasteiger partial charge is 0.449 e. The van der Waals surface area contributed by atoms with Gasteiger partial charge in [0.1, 0.15) is 5.69 Å². The molecule has 1 aliphatic heterocycles. The zero-order valence-electron chi connectivity index (χ0n) is 18.3. The molecular formula is C22H25N3O7S. The van der Waals surface area contributed by atoms with Crippen molar-refractivity contribution in [2.45, 2.75) is 50.2 Å². The number of amides is 1. The number of esters is 1. The van der Waals surface area contributed by atoms with E-state index >= 15 is 0 Å². The van der Waals surface area contributed by atoms with E-state index in [1.807, 2.05) is 6.92 Å². The number of sulfonamides is 1. The number of ether oxygens (including phenoxy) is 1. The molecule has 2 aromatic carbocycles. The molecule has 0 aromatic heterocycles. The van der Waals surface area contributed by atoms with Gasteiger partial charge in [0.05, 0.1) is 15.4 Å². The van der Waals surface area contributed by atoms with Crippen molar-refractivity contribution in [3.05, 3.63) is 64.2 Å². The Balaban J connectivity index is 1.66. The van der Waals surface area contributed by atoms with Gasteiger partial charge in [-0.2, -0.15) is 4.31 Å². The predicted molar refractivity (Wildman–Crippen MR) is 120 cm³/mol. The summed E-state index contributed by atoms with van der Waals surface area (Å²) in [5, 5.41) is 13.5. The van der Waals surface area contributed by atoms with E-state index in [9.17, 15) is 28.1 Å². The smallest absolute Gasteiger partial charge is 0.338 e. The first kappa shape index (κ1) is 24.3. The van der Waals surface area contributed by atoms with Gasteiger partial charge >= 0.3 is 5.97 Å². The molecule has 2 atom stereocenters. The maximum absolute atomic E-state index is 12.9. The number of nitro benzene ring substituents is 1. The van der Waals surface area contributed by atoms with Crippen molar-refractivity contribution < 1.29 is 27.7 Å². The van der Waals surface area contributed by atoms with Crippen molar-refractivity contribution >= 4 is 33.3 Å². The number of benzene rings is 2. The lowest BCUT2D eigenvalue weighted by atomic mass is 10.1. The molecule has 176 valence electrons. The van der Waals surface area contributed by atoms with Crippen molar-refractivity contribution in [2.24, 2.45) is 0 Å². The molecule has 1 heterocycles. The van der Waals surface area contributed by atoms with E-state index < -0.39 is 32.9 Å². The highest BCUT2D eigenvalue weighted by molar-refractivity contribution is 7.89. The van der Waals surface area contributed by atoms with Crippen LogP contribution < -0.4 is 5.32 Å². The average molecular weight is 476 g/mol. The summed E-state index contributed by atoms with van der Waals surface area (Å²) in [5.41, 5.74) is -0.230. The van der Waals surface area contributed by atoms with Gasteiger partial charge in [0.15, 0.2) is 6.10 Å². The number of piperidine rings is 1. The number of hydrogen-bond donors (Lipinski definition) is 1. The number of rotatable bonds is 7. The van der Waals surface area contributed by atoms with Crippen LogP contribution in [-0.2, 0) is 19.6 Å². The van der Waals surface area contributed by atoms with Gasteiger partial charge in [-0.15, -0.1) is 0 Å². The summed E-state index contributed by atoms with van der Waals surface area (Å²) in [6.07, 6.45) is 1.35. The fourth-order valence-electron chi connectivity index (χ4n) is 3.58. The van der Waals surface area contributed by atoms with Crippen LogP contribution >= 0.6 is 0 Å². The summed E-state index contributed by atoms with van der Waals surface area (Å²) in [6.45, 7) is 3.66. The van der Waals surface area contributed by atoms with Gasteiger partial charge in [-0.1, -0.05) is 18.6 Å². The molecule has 3 rings (SSSR count). The van der Waals surface area contributed by atoms with Crippen LogP contribution in [0.3, 0.4) is 0 Å². The van der Waals surface area contributed by atoms with E-state index in [2.05, 4.69) is 5.32 Å². The van der Waals surface area contributed by atoms with Gasteiger partial charge in [-0.25, -0.2) is 13.2 Å². The molecule has 2 aromatic rings. The molecule has 33 heavy (non-hydrogen) atoms. The molecule has 2 unspecified atom stereocenters. The fraction of sp³-hybridized carbons (Fsp3) is 0.364. The first-order valence-corrected chi connectivity index (χ1v) is 11.9. The zero-order chi connectivity index (χ0) is 24.2. The molecule has 1 N–H and O–H groups in total. The first-order valence-electron chi connectivity index (χ1n) is 10.5. The van der Waals surface area contributed by atoms with E-state index in [4.69, 9.17) is 4.74 Å². The summed E-state index contributed by atoms with van der Waals surface area (Å²) in [7, 11) is -3.67. The third kappa shape index (κ3) is 5.55. The number of carbonyl (C=O) groups is 2. The molecule has 1 amide bonds. The number of nitrogens with zero attached hydrogens (tertiary/aromatic N) is 2. The van der Waals surface area contributed by atoms with E-state index in [1.54, 1.807) is 0 Å². The SMILES string of the molecule is CC(OC(=O)c1ccc(S(=O)(=O)N2CCCCC2C)cc1)C(=O)Nc1ccccc1[N+](=O)[O-]. The quantitative estimate of drug-likeness (QED) is 0.368. The Kier molecular flexibility index (Phi) is 7.44. The Hall–Kier alpha value is -3.31. The number of nitrogens with one attached hydrogen (secondary N) is 1. The second kappa shape index (κ2) is 10.1. The van der Waals surface area contributed by atoms with Crippen molar-refractivity contribution in [2.75, 3.05) is 11.9 Å². The Morgan fingerprint density at radius 3 is 2.45 bits per heavy atom. The van der Waals surface area contributed by atoms with Crippen LogP contribution in [0.5, 0.6) is 0 Å². The number of nitro groups is 1. The molecular weight excluding hydrogens is 450 g/mol. The minimum Gasteiger partial charge on any atom is -0.449 e. The highest BCUT2D eigenvalue weighted by Gasteiger charge is 2.31. The molecule has 0 spiro atoms. The maximum Gasteiger partial charge on any atom is 0.338 e. The van der Waals surface area contributed by atoms with Gasteiger partial charge in [0.2, 0.25) is 10.0 Å². The predicted octanol–water partition coefficient (Wildman–Crippen LogP) is 3.34. The first-order chi connectivity index (χ1) is 15.6. The number of carbonyl (C=O) groups excluding carboxylic acids is 2. The van der Waals surface area contributed by atoms with Crippen LogP contribution in [0.4, 0.5) is 11.4 Å².